The molecule has 0 aliphatic heterocycles. The quantitative estimate of drug-likeness (QED) is 0.638. The maximum absolute atomic E-state index is 11.1. The molecule has 0 saturated heterocycles. The van der Waals surface area contributed by atoms with Crippen molar-refractivity contribution < 1.29 is 4.92 Å². The Bertz CT molecular complexity index is 658. The third-order valence-corrected chi connectivity index (χ3v) is 3.88. The molecule has 110 valence electrons. The van der Waals surface area contributed by atoms with Gasteiger partial charge >= 0.3 is 0 Å². The lowest BCUT2D eigenvalue weighted by Crippen LogP contribution is -2.18. The van der Waals surface area contributed by atoms with Crippen molar-refractivity contribution in [2.75, 3.05) is 0 Å². The van der Waals surface area contributed by atoms with E-state index < -0.39 is 0 Å². The van der Waals surface area contributed by atoms with E-state index in [1.807, 2.05) is 12.1 Å². The van der Waals surface area contributed by atoms with Crippen LogP contribution in [0.3, 0.4) is 0 Å². The lowest BCUT2D eigenvalue weighted by molar-refractivity contribution is -0.385. The molecule has 1 atom stereocenters. The number of hydrogen-bond donors (Lipinski definition) is 1. The molecule has 21 heavy (non-hydrogen) atoms. The third kappa shape index (κ3) is 4.12. The van der Waals surface area contributed by atoms with Gasteiger partial charge in [-0.2, -0.15) is 0 Å². The summed E-state index contributed by atoms with van der Waals surface area (Å²) in [5.74, 6) is 0. The molecular weight excluding hydrogens is 332 g/mol. The molecular formula is C16H17BrN2O2. The van der Waals surface area contributed by atoms with Gasteiger partial charge in [0.1, 0.15) is 0 Å². The molecule has 0 aromatic heterocycles. The first-order chi connectivity index (χ1) is 9.97. The van der Waals surface area contributed by atoms with Crippen molar-refractivity contribution in [1.29, 1.82) is 0 Å². The fourth-order valence-corrected chi connectivity index (χ4v) is 2.53. The second-order valence-electron chi connectivity index (χ2n) is 5.05. The molecule has 0 aliphatic carbocycles. The highest BCUT2D eigenvalue weighted by Crippen LogP contribution is 2.24. The highest BCUT2D eigenvalue weighted by atomic mass is 79.9. The van der Waals surface area contributed by atoms with E-state index in [0.717, 1.165) is 0 Å². The van der Waals surface area contributed by atoms with Gasteiger partial charge in [-0.25, -0.2) is 0 Å². The Morgan fingerprint density at radius 1 is 1.29 bits per heavy atom. The van der Waals surface area contributed by atoms with Crippen LogP contribution < -0.4 is 5.32 Å². The number of aryl methyl sites for hydroxylation is 1. The smallest absolute Gasteiger partial charge is 0.275 e. The molecule has 0 bridgehead atoms. The molecule has 2 rings (SSSR count). The summed E-state index contributed by atoms with van der Waals surface area (Å²) < 4.78 is 0.713. The molecule has 5 heteroatoms. The van der Waals surface area contributed by atoms with Gasteiger partial charge in [-0.15, -0.1) is 0 Å². The molecule has 0 amide bonds. The fraction of sp³-hybridized carbons (Fsp3) is 0.250. The Balaban J connectivity index is 2.11. The standard InChI is InChI=1S/C16H17BrN2O2/c1-11-4-3-5-13(8-11)12(2)18-10-14-6-7-15(17)9-16(14)19(20)21/h3-9,12,18H,10H2,1-2H3/t12-/m0/s1. The Labute approximate surface area is 132 Å². The van der Waals surface area contributed by atoms with Crippen molar-refractivity contribution in [1.82, 2.24) is 5.32 Å². The molecule has 1 N–H and O–H groups in total. The fourth-order valence-electron chi connectivity index (χ4n) is 2.18. The second kappa shape index (κ2) is 6.83. The van der Waals surface area contributed by atoms with E-state index in [-0.39, 0.29) is 16.7 Å². The van der Waals surface area contributed by atoms with Gasteiger partial charge in [-0.05, 0) is 31.5 Å². The number of benzene rings is 2. The summed E-state index contributed by atoms with van der Waals surface area (Å²) in [6.45, 7) is 4.56. The predicted molar refractivity (Wildman–Crippen MR) is 87.2 cm³/mol. The van der Waals surface area contributed by atoms with E-state index in [1.165, 1.54) is 17.2 Å². The number of nitrogens with zero attached hydrogens (tertiary/aromatic N) is 1. The molecule has 0 saturated carbocycles. The van der Waals surface area contributed by atoms with Gasteiger partial charge in [0, 0.05) is 28.7 Å². The Hall–Kier alpha value is -1.72. The van der Waals surface area contributed by atoms with Crippen molar-refractivity contribution in [3.63, 3.8) is 0 Å². The van der Waals surface area contributed by atoms with Crippen molar-refractivity contribution >= 4 is 21.6 Å². The topological polar surface area (TPSA) is 55.2 Å². The molecule has 0 spiro atoms. The monoisotopic (exact) mass is 348 g/mol. The van der Waals surface area contributed by atoms with Crippen molar-refractivity contribution in [2.45, 2.75) is 26.4 Å². The minimum Gasteiger partial charge on any atom is -0.306 e. The first-order valence-electron chi connectivity index (χ1n) is 6.70. The van der Waals surface area contributed by atoms with Gasteiger partial charge in [0.05, 0.1) is 4.92 Å². The van der Waals surface area contributed by atoms with E-state index in [9.17, 15) is 10.1 Å². The summed E-state index contributed by atoms with van der Waals surface area (Å²) in [5.41, 5.74) is 3.20. The number of halogens is 1. The maximum Gasteiger partial charge on any atom is 0.275 e. The van der Waals surface area contributed by atoms with Gasteiger partial charge in [0.2, 0.25) is 0 Å². The summed E-state index contributed by atoms with van der Waals surface area (Å²) in [6.07, 6.45) is 0. The zero-order valence-corrected chi connectivity index (χ0v) is 13.6. The summed E-state index contributed by atoms with van der Waals surface area (Å²) in [5, 5.41) is 14.4. The number of nitro benzene ring substituents is 1. The number of rotatable bonds is 5. The van der Waals surface area contributed by atoms with Crippen LogP contribution in [0.4, 0.5) is 5.69 Å². The van der Waals surface area contributed by atoms with Gasteiger partial charge in [0.25, 0.3) is 5.69 Å². The van der Waals surface area contributed by atoms with Crippen LogP contribution in [0.1, 0.15) is 29.7 Å². The molecule has 0 aliphatic rings. The maximum atomic E-state index is 11.1. The van der Waals surface area contributed by atoms with Crippen molar-refractivity contribution in [2.24, 2.45) is 0 Å². The Morgan fingerprint density at radius 3 is 2.71 bits per heavy atom. The summed E-state index contributed by atoms with van der Waals surface area (Å²) in [4.78, 5) is 10.7. The first kappa shape index (κ1) is 15.7. The van der Waals surface area contributed by atoms with Crippen LogP contribution in [0.5, 0.6) is 0 Å². The SMILES string of the molecule is Cc1cccc([C@H](C)NCc2ccc(Br)cc2[N+](=O)[O-])c1. The minimum atomic E-state index is -0.348. The van der Waals surface area contributed by atoms with Crippen molar-refractivity contribution in [3.05, 3.63) is 73.7 Å². The highest BCUT2D eigenvalue weighted by Gasteiger charge is 2.15. The van der Waals surface area contributed by atoms with Gasteiger partial charge in [0.15, 0.2) is 0 Å². The van der Waals surface area contributed by atoms with Crippen LogP contribution in [0, 0.1) is 17.0 Å². The van der Waals surface area contributed by atoms with Crippen LogP contribution in [-0.4, -0.2) is 4.92 Å². The Morgan fingerprint density at radius 2 is 2.05 bits per heavy atom. The van der Waals surface area contributed by atoms with Crippen molar-refractivity contribution in [3.8, 4) is 0 Å². The van der Waals surface area contributed by atoms with E-state index in [4.69, 9.17) is 0 Å². The average molecular weight is 349 g/mol. The predicted octanol–water partition coefficient (Wildman–Crippen LogP) is 4.52. The highest BCUT2D eigenvalue weighted by molar-refractivity contribution is 9.10. The van der Waals surface area contributed by atoms with E-state index >= 15 is 0 Å². The summed E-state index contributed by atoms with van der Waals surface area (Å²) >= 11 is 3.26. The number of nitrogens with one attached hydrogen (secondary N) is 1. The Kier molecular flexibility index (Phi) is 5.09. The largest absolute Gasteiger partial charge is 0.306 e. The molecule has 2 aromatic carbocycles. The van der Waals surface area contributed by atoms with Crippen LogP contribution in [0.25, 0.3) is 0 Å². The van der Waals surface area contributed by atoms with E-state index in [1.54, 1.807) is 6.07 Å². The molecule has 4 nitrogen and oxygen atoms in total. The molecule has 0 unspecified atom stereocenters. The minimum absolute atomic E-state index is 0.133. The first-order valence-corrected chi connectivity index (χ1v) is 7.49. The van der Waals surface area contributed by atoms with Gasteiger partial charge < -0.3 is 5.32 Å². The van der Waals surface area contributed by atoms with E-state index in [0.29, 0.717) is 16.6 Å². The van der Waals surface area contributed by atoms with Crippen LogP contribution in [0.15, 0.2) is 46.9 Å². The lowest BCUT2D eigenvalue weighted by atomic mass is 10.1. The molecule has 2 aromatic rings. The average Bonchev–Trinajstić information content (AvgIpc) is 2.45. The zero-order chi connectivity index (χ0) is 15.4. The van der Waals surface area contributed by atoms with Gasteiger partial charge in [-0.3, -0.25) is 10.1 Å². The number of hydrogen-bond acceptors (Lipinski definition) is 3. The third-order valence-electron chi connectivity index (χ3n) is 3.38. The van der Waals surface area contributed by atoms with E-state index in [2.05, 4.69) is 53.3 Å². The number of nitro groups is 1. The lowest BCUT2D eigenvalue weighted by Gasteiger charge is -2.15. The second-order valence-corrected chi connectivity index (χ2v) is 5.96. The molecule has 0 heterocycles. The molecule has 0 fully saturated rings. The zero-order valence-electron chi connectivity index (χ0n) is 12.0. The summed E-state index contributed by atoms with van der Waals surface area (Å²) in [6, 6.07) is 13.5. The normalized spacial score (nSPS) is 12.1. The molecule has 0 radical (unpaired) electrons. The van der Waals surface area contributed by atoms with Crippen LogP contribution in [-0.2, 0) is 6.54 Å². The van der Waals surface area contributed by atoms with Crippen LogP contribution >= 0.6 is 15.9 Å². The van der Waals surface area contributed by atoms with Crippen LogP contribution in [0.2, 0.25) is 0 Å². The summed E-state index contributed by atoms with van der Waals surface area (Å²) in [7, 11) is 0. The van der Waals surface area contributed by atoms with Gasteiger partial charge in [-0.1, -0.05) is 45.8 Å².